The summed E-state index contributed by atoms with van der Waals surface area (Å²) in [5.74, 6) is -2.13. The normalized spacial score (nSPS) is 29.0. The number of likely N-dealkylation sites (tertiary alicyclic amines) is 1. The number of ether oxygens (including phenoxy) is 1. The van der Waals surface area contributed by atoms with Crippen molar-refractivity contribution in [2.75, 3.05) is 31.1 Å². The maximum atomic E-state index is 14.6. The van der Waals surface area contributed by atoms with Crippen LogP contribution in [0.4, 0.5) is 5.69 Å². The molecule has 2 saturated heterocycles. The molecule has 2 fully saturated rings. The molecule has 1 unspecified atom stereocenters. The van der Waals surface area contributed by atoms with Crippen LogP contribution in [0.5, 0.6) is 0 Å². The van der Waals surface area contributed by atoms with Crippen LogP contribution in [-0.4, -0.2) is 76.6 Å². The third kappa shape index (κ3) is 4.50. The maximum absolute atomic E-state index is 14.6. The molecule has 0 aromatic heterocycles. The zero-order valence-corrected chi connectivity index (χ0v) is 23.6. The Hall–Kier alpha value is -3.75. The minimum Gasteiger partial charge on any atom is -0.396 e. The van der Waals surface area contributed by atoms with Crippen molar-refractivity contribution in [1.29, 1.82) is 0 Å². The van der Waals surface area contributed by atoms with Crippen molar-refractivity contribution in [2.24, 2.45) is 11.8 Å². The molecule has 4 aliphatic heterocycles. The number of para-hydroxylation sites is 1. The first-order valence-corrected chi connectivity index (χ1v) is 14.5. The zero-order chi connectivity index (χ0) is 28.7. The van der Waals surface area contributed by atoms with Gasteiger partial charge < -0.3 is 24.5 Å². The predicted molar refractivity (Wildman–Crippen MR) is 155 cm³/mol. The molecule has 8 heteroatoms. The Balaban J connectivity index is 1.41. The van der Waals surface area contributed by atoms with E-state index in [4.69, 9.17) is 4.74 Å². The summed E-state index contributed by atoms with van der Waals surface area (Å²) in [7, 11) is 0. The number of hydrogen-bond donors (Lipinski definition) is 1. The van der Waals surface area contributed by atoms with Gasteiger partial charge in [-0.1, -0.05) is 72.8 Å². The molecule has 0 saturated carbocycles. The largest absolute Gasteiger partial charge is 0.396 e. The number of aliphatic hydroxyl groups is 1. The van der Waals surface area contributed by atoms with Crippen LogP contribution in [0.1, 0.15) is 29.5 Å². The number of rotatable bonds is 7. The zero-order valence-electron chi connectivity index (χ0n) is 23.6. The number of unbranched alkanes of at least 4 members (excludes halogenated alkanes) is 1. The Kier molecular flexibility index (Phi) is 7.30. The summed E-state index contributed by atoms with van der Waals surface area (Å²) in [4.78, 5) is 48.2. The molecule has 214 valence electrons. The highest BCUT2D eigenvalue weighted by atomic mass is 16.5. The second-order valence-electron chi connectivity index (χ2n) is 11.5. The van der Waals surface area contributed by atoms with Crippen LogP contribution in [0, 0.1) is 25.7 Å². The van der Waals surface area contributed by atoms with Gasteiger partial charge in [-0.05, 0) is 43.4 Å². The number of nitrogens with zero attached hydrogens (tertiary/aromatic N) is 3. The molecule has 2 aromatic rings. The van der Waals surface area contributed by atoms with E-state index < -0.39 is 29.6 Å². The standard InChI is InChI=1S/C33H37N3O5/c1-22-11-8-12-23(2)28(22)35-19-10-16-33-27(31(39)36(18-6-7-20-37)29(33)32(35)40)26-25(41-33)15-9-17-34(30(26)38)21-24-13-4-3-5-14-24/h3-5,8-16,25-27,29,37H,6-7,17-21H2,1-2H3/t25-,26+,27-,29?,33-/m0/s1. The van der Waals surface area contributed by atoms with Gasteiger partial charge in [0.2, 0.25) is 11.8 Å². The average Bonchev–Trinajstić information content (AvgIpc) is 3.27. The fourth-order valence-corrected chi connectivity index (χ4v) is 7.20. The van der Waals surface area contributed by atoms with Gasteiger partial charge in [0.15, 0.2) is 0 Å². The Labute approximate surface area is 240 Å². The summed E-state index contributed by atoms with van der Waals surface area (Å²) in [6.45, 7) is 5.48. The molecule has 41 heavy (non-hydrogen) atoms. The van der Waals surface area contributed by atoms with E-state index in [1.54, 1.807) is 14.7 Å². The lowest BCUT2D eigenvalue weighted by atomic mass is 9.77. The van der Waals surface area contributed by atoms with Crippen molar-refractivity contribution in [1.82, 2.24) is 9.80 Å². The van der Waals surface area contributed by atoms with Crippen LogP contribution >= 0.6 is 0 Å². The van der Waals surface area contributed by atoms with Crippen molar-refractivity contribution in [3.05, 3.63) is 89.5 Å². The Morgan fingerprint density at radius 3 is 2.39 bits per heavy atom. The van der Waals surface area contributed by atoms with E-state index in [-0.39, 0.29) is 24.3 Å². The number of benzene rings is 2. The van der Waals surface area contributed by atoms with Gasteiger partial charge in [0.25, 0.3) is 5.91 Å². The number of aliphatic hydroxyl groups excluding tert-OH is 1. The van der Waals surface area contributed by atoms with Crippen molar-refractivity contribution in [3.63, 3.8) is 0 Å². The highest BCUT2D eigenvalue weighted by Gasteiger charge is 2.71. The summed E-state index contributed by atoms with van der Waals surface area (Å²) in [5.41, 5.74) is 2.54. The van der Waals surface area contributed by atoms with E-state index in [1.165, 1.54) is 0 Å². The van der Waals surface area contributed by atoms with E-state index in [9.17, 15) is 19.5 Å². The average molecular weight is 556 g/mol. The third-order valence-electron chi connectivity index (χ3n) is 8.97. The van der Waals surface area contributed by atoms with Gasteiger partial charge in [0.05, 0.1) is 17.9 Å². The van der Waals surface area contributed by atoms with Gasteiger partial charge in [-0.25, -0.2) is 0 Å². The number of carbonyl (C=O) groups is 3. The van der Waals surface area contributed by atoms with Crippen LogP contribution in [-0.2, 0) is 25.7 Å². The second-order valence-corrected chi connectivity index (χ2v) is 11.5. The van der Waals surface area contributed by atoms with Crippen molar-refractivity contribution in [2.45, 2.75) is 51.0 Å². The molecule has 1 N–H and O–H groups in total. The first kappa shape index (κ1) is 27.4. The first-order valence-electron chi connectivity index (χ1n) is 14.5. The number of fused-ring (bicyclic) bond motifs is 2. The summed E-state index contributed by atoms with van der Waals surface area (Å²) in [6, 6.07) is 14.8. The second kappa shape index (κ2) is 10.9. The summed E-state index contributed by atoms with van der Waals surface area (Å²) in [5, 5.41) is 9.45. The van der Waals surface area contributed by atoms with E-state index in [2.05, 4.69) is 0 Å². The summed E-state index contributed by atoms with van der Waals surface area (Å²) < 4.78 is 6.75. The fourth-order valence-electron chi connectivity index (χ4n) is 7.20. The van der Waals surface area contributed by atoms with E-state index in [0.717, 1.165) is 22.4 Å². The molecule has 8 nitrogen and oxygen atoms in total. The monoisotopic (exact) mass is 555 g/mol. The number of hydrogen-bond acceptors (Lipinski definition) is 5. The smallest absolute Gasteiger partial charge is 0.253 e. The molecular weight excluding hydrogens is 518 g/mol. The van der Waals surface area contributed by atoms with Crippen LogP contribution < -0.4 is 4.90 Å². The molecule has 4 heterocycles. The molecule has 5 atom stereocenters. The van der Waals surface area contributed by atoms with E-state index >= 15 is 0 Å². The van der Waals surface area contributed by atoms with Crippen LogP contribution in [0.3, 0.4) is 0 Å². The molecule has 0 bridgehead atoms. The molecule has 6 rings (SSSR count). The predicted octanol–water partition coefficient (Wildman–Crippen LogP) is 3.16. The lowest BCUT2D eigenvalue weighted by molar-refractivity contribution is -0.144. The highest BCUT2D eigenvalue weighted by molar-refractivity contribution is 6.06. The van der Waals surface area contributed by atoms with Gasteiger partial charge in [0, 0.05) is 38.5 Å². The Bertz CT molecular complexity index is 1380. The minimum absolute atomic E-state index is 0.00255. The Morgan fingerprint density at radius 1 is 0.902 bits per heavy atom. The molecule has 1 spiro atoms. The highest BCUT2D eigenvalue weighted by Crippen LogP contribution is 2.54. The van der Waals surface area contributed by atoms with E-state index in [1.807, 2.05) is 86.7 Å². The van der Waals surface area contributed by atoms with Crippen LogP contribution in [0.25, 0.3) is 0 Å². The topological polar surface area (TPSA) is 90.4 Å². The summed E-state index contributed by atoms with van der Waals surface area (Å²) >= 11 is 0. The van der Waals surface area contributed by atoms with Crippen molar-refractivity contribution >= 4 is 23.4 Å². The first-order chi connectivity index (χ1) is 19.9. The molecule has 2 aromatic carbocycles. The van der Waals surface area contributed by atoms with Gasteiger partial charge in [0.1, 0.15) is 11.6 Å². The van der Waals surface area contributed by atoms with Gasteiger partial charge in [-0.2, -0.15) is 0 Å². The van der Waals surface area contributed by atoms with Crippen LogP contribution in [0.2, 0.25) is 0 Å². The number of amides is 3. The quantitative estimate of drug-likeness (QED) is 0.419. The SMILES string of the molecule is Cc1cccc(C)c1N1CC=C[C@]23O[C@H]4C=CCN(Cc5ccccc5)C(=O)[C@H]4[C@H]2C(=O)N(CCCCO)C3C1=O. The Morgan fingerprint density at radius 2 is 1.66 bits per heavy atom. The van der Waals surface area contributed by atoms with Crippen LogP contribution in [0.15, 0.2) is 72.8 Å². The molecule has 3 amide bonds. The van der Waals surface area contributed by atoms with Crippen molar-refractivity contribution < 1.29 is 24.2 Å². The van der Waals surface area contributed by atoms with Gasteiger partial charge in [-0.3, -0.25) is 14.4 Å². The lowest BCUT2D eigenvalue weighted by Crippen LogP contribution is -2.55. The molecule has 4 aliphatic rings. The number of aryl methyl sites for hydroxylation is 2. The van der Waals surface area contributed by atoms with Crippen molar-refractivity contribution in [3.8, 4) is 0 Å². The number of anilines is 1. The molecular formula is C33H37N3O5. The fraction of sp³-hybridized carbons (Fsp3) is 0.424. The minimum atomic E-state index is -1.26. The third-order valence-corrected chi connectivity index (χ3v) is 8.97. The summed E-state index contributed by atoms with van der Waals surface area (Å²) in [6.07, 6.45) is 8.09. The maximum Gasteiger partial charge on any atom is 0.253 e. The lowest BCUT2D eigenvalue weighted by Gasteiger charge is -2.36. The molecule has 0 aliphatic carbocycles. The number of carbonyl (C=O) groups excluding carboxylic acids is 3. The van der Waals surface area contributed by atoms with Gasteiger partial charge in [-0.15, -0.1) is 0 Å². The van der Waals surface area contributed by atoms with Gasteiger partial charge >= 0.3 is 0 Å². The van der Waals surface area contributed by atoms with E-state index in [0.29, 0.717) is 39.0 Å². The molecule has 0 radical (unpaired) electrons.